The van der Waals surface area contributed by atoms with Gasteiger partial charge < -0.3 is 16.2 Å². The molecule has 0 bridgehead atoms. The normalized spacial score (nSPS) is 22.8. The molecule has 1 aliphatic rings. The van der Waals surface area contributed by atoms with Crippen LogP contribution in [0.2, 0.25) is 0 Å². The number of carboxylic acid groups (broad SMARTS) is 1. The van der Waals surface area contributed by atoms with E-state index in [-0.39, 0.29) is 0 Å². The van der Waals surface area contributed by atoms with Gasteiger partial charge in [-0.05, 0) is 0 Å². The highest BCUT2D eigenvalue weighted by atomic mass is 16.4. The van der Waals surface area contributed by atoms with Gasteiger partial charge in [-0.1, -0.05) is 0 Å². The molecule has 0 aromatic carbocycles. The van der Waals surface area contributed by atoms with E-state index in [1.165, 1.54) is 0 Å². The molecule has 1 aliphatic heterocycles. The second-order valence-corrected chi connectivity index (χ2v) is 2.25. The van der Waals surface area contributed by atoms with Crippen LogP contribution in [0.25, 0.3) is 0 Å². The van der Waals surface area contributed by atoms with Crippen molar-refractivity contribution < 1.29 is 19.5 Å². The zero-order valence-electron chi connectivity index (χ0n) is 5.98. The van der Waals surface area contributed by atoms with Gasteiger partial charge in [-0.25, -0.2) is 9.69 Å². The van der Waals surface area contributed by atoms with Crippen LogP contribution in [-0.4, -0.2) is 40.6 Å². The number of carbonyl (C=O) groups excluding carboxylic acids is 2. The second-order valence-electron chi connectivity index (χ2n) is 2.25. The number of carboxylic acids is 1. The van der Waals surface area contributed by atoms with Gasteiger partial charge in [0.15, 0.2) is 6.17 Å². The average molecular weight is 173 g/mol. The Balaban J connectivity index is 2.70. The summed E-state index contributed by atoms with van der Waals surface area (Å²) in [7, 11) is 0. The Morgan fingerprint density at radius 3 is 2.58 bits per heavy atom. The largest absolute Gasteiger partial charge is 0.480 e. The first-order valence-corrected chi connectivity index (χ1v) is 3.11. The number of imide groups is 1. The molecule has 1 fully saturated rings. The highest BCUT2D eigenvalue weighted by Gasteiger charge is 2.36. The topological polar surface area (TPSA) is 113 Å². The van der Waals surface area contributed by atoms with Crippen molar-refractivity contribution in [3.8, 4) is 0 Å². The smallest absolute Gasteiger partial charge is 0.326 e. The van der Waals surface area contributed by atoms with Gasteiger partial charge in [0, 0.05) is 0 Å². The molecule has 66 valence electrons. The minimum atomic E-state index is -1.26. The third-order valence-corrected chi connectivity index (χ3v) is 1.35. The predicted octanol–water partition coefficient (Wildman–Crippen LogP) is -2.09. The zero-order chi connectivity index (χ0) is 9.30. The first-order valence-electron chi connectivity index (χ1n) is 3.11. The summed E-state index contributed by atoms with van der Waals surface area (Å²) in [4.78, 5) is 32.4. The van der Waals surface area contributed by atoms with Crippen molar-refractivity contribution in [1.29, 1.82) is 0 Å². The molecule has 0 aromatic heterocycles. The fourth-order valence-electron chi connectivity index (χ4n) is 0.826. The van der Waals surface area contributed by atoms with Crippen molar-refractivity contribution in [3.63, 3.8) is 0 Å². The van der Waals surface area contributed by atoms with Crippen LogP contribution in [0.1, 0.15) is 0 Å². The van der Waals surface area contributed by atoms with E-state index in [0.717, 1.165) is 0 Å². The molecule has 1 saturated heterocycles. The molecular formula is C5H7N3O4. The maximum atomic E-state index is 10.9. The summed E-state index contributed by atoms with van der Waals surface area (Å²) < 4.78 is 0. The molecule has 1 rings (SSSR count). The Hall–Kier alpha value is -1.63. The standard InChI is InChI=1S/C5H7N3O4/c6-3-4(11)8(1-2(9)10)5(12)7-3/h3H,1,6H2,(H,7,12)(H,9,10). The monoisotopic (exact) mass is 173 g/mol. The number of nitrogens with zero attached hydrogens (tertiary/aromatic N) is 1. The number of nitrogens with one attached hydrogen (secondary N) is 1. The molecule has 7 nitrogen and oxygen atoms in total. The SMILES string of the molecule is NC1NC(=O)N(CC(=O)O)C1=O. The lowest BCUT2D eigenvalue weighted by atomic mass is 10.4. The highest BCUT2D eigenvalue weighted by molar-refractivity contribution is 6.05. The number of amides is 3. The Morgan fingerprint density at radius 1 is 1.67 bits per heavy atom. The van der Waals surface area contributed by atoms with E-state index in [1.54, 1.807) is 0 Å². The maximum absolute atomic E-state index is 10.9. The van der Waals surface area contributed by atoms with Crippen LogP contribution >= 0.6 is 0 Å². The van der Waals surface area contributed by atoms with Crippen LogP contribution in [0.4, 0.5) is 4.79 Å². The molecular weight excluding hydrogens is 166 g/mol. The lowest BCUT2D eigenvalue weighted by Gasteiger charge is -2.07. The van der Waals surface area contributed by atoms with Crippen molar-refractivity contribution in [3.05, 3.63) is 0 Å². The predicted molar refractivity (Wildman–Crippen MR) is 35.9 cm³/mol. The van der Waals surface area contributed by atoms with Crippen molar-refractivity contribution in [2.45, 2.75) is 6.17 Å². The van der Waals surface area contributed by atoms with E-state index in [2.05, 4.69) is 5.32 Å². The first kappa shape index (κ1) is 8.47. The molecule has 0 spiro atoms. The third kappa shape index (κ3) is 1.35. The Kier molecular flexibility index (Phi) is 1.96. The van der Waals surface area contributed by atoms with E-state index >= 15 is 0 Å². The van der Waals surface area contributed by atoms with E-state index in [0.29, 0.717) is 4.90 Å². The Bertz CT molecular complexity index is 251. The van der Waals surface area contributed by atoms with Crippen LogP contribution in [0.3, 0.4) is 0 Å². The lowest BCUT2D eigenvalue weighted by molar-refractivity contribution is -0.141. The van der Waals surface area contributed by atoms with Crippen LogP contribution in [0.5, 0.6) is 0 Å². The van der Waals surface area contributed by atoms with Gasteiger partial charge in [-0.2, -0.15) is 0 Å². The number of hydrogen-bond acceptors (Lipinski definition) is 4. The summed E-state index contributed by atoms with van der Waals surface area (Å²) in [5, 5.41) is 10.4. The Labute approximate surface area is 67.1 Å². The summed E-state index contributed by atoms with van der Waals surface area (Å²) in [6, 6.07) is -0.769. The van der Waals surface area contributed by atoms with Crippen LogP contribution < -0.4 is 11.1 Å². The van der Waals surface area contributed by atoms with Crippen LogP contribution in [0, 0.1) is 0 Å². The quantitative estimate of drug-likeness (QED) is 0.414. The molecule has 0 aromatic rings. The minimum absolute atomic E-state index is 0.549. The van der Waals surface area contributed by atoms with E-state index in [1.807, 2.05) is 0 Å². The van der Waals surface area contributed by atoms with Gasteiger partial charge in [0.25, 0.3) is 5.91 Å². The molecule has 0 aliphatic carbocycles. The number of nitrogens with two attached hydrogens (primary N) is 1. The van der Waals surface area contributed by atoms with Crippen molar-refractivity contribution >= 4 is 17.9 Å². The van der Waals surface area contributed by atoms with Gasteiger partial charge >= 0.3 is 12.0 Å². The molecule has 3 amide bonds. The molecule has 1 unspecified atom stereocenters. The molecule has 0 radical (unpaired) electrons. The molecule has 0 saturated carbocycles. The summed E-state index contributed by atoms with van der Waals surface area (Å²) >= 11 is 0. The second kappa shape index (κ2) is 2.78. The zero-order valence-corrected chi connectivity index (χ0v) is 5.98. The highest BCUT2D eigenvalue weighted by Crippen LogP contribution is 2.01. The number of carbonyl (C=O) groups is 3. The first-order chi connectivity index (χ1) is 5.52. The Morgan fingerprint density at radius 2 is 2.25 bits per heavy atom. The fraction of sp³-hybridized carbons (Fsp3) is 0.400. The summed E-state index contributed by atoms with van der Waals surface area (Å²) in [6.07, 6.45) is -1.11. The third-order valence-electron chi connectivity index (χ3n) is 1.35. The summed E-state index contributed by atoms with van der Waals surface area (Å²) in [6.45, 7) is -0.654. The number of rotatable bonds is 2. The van der Waals surface area contributed by atoms with Crippen LogP contribution in [-0.2, 0) is 9.59 Å². The molecule has 7 heteroatoms. The van der Waals surface area contributed by atoms with Crippen molar-refractivity contribution in [2.24, 2.45) is 5.73 Å². The molecule has 4 N–H and O–H groups in total. The van der Waals surface area contributed by atoms with Gasteiger partial charge in [-0.3, -0.25) is 9.59 Å². The maximum Gasteiger partial charge on any atom is 0.326 e. The number of hydrogen-bond donors (Lipinski definition) is 3. The molecule has 1 heterocycles. The van der Waals surface area contributed by atoms with Gasteiger partial charge in [-0.15, -0.1) is 0 Å². The number of urea groups is 1. The van der Waals surface area contributed by atoms with Crippen molar-refractivity contribution in [2.75, 3.05) is 6.54 Å². The van der Waals surface area contributed by atoms with Crippen LogP contribution in [0.15, 0.2) is 0 Å². The van der Waals surface area contributed by atoms with Gasteiger partial charge in [0.1, 0.15) is 6.54 Å². The molecule has 12 heavy (non-hydrogen) atoms. The number of aliphatic carboxylic acids is 1. The summed E-state index contributed by atoms with van der Waals surface area (Å²) in [5.41, 5.74) is 5.12. The van der Waals surface area contributed by atoms with E-state index in [4.69, 9.17) is 10.8 Å². The van der Waals surface area contributed by atoms with Crippen molar-refractivity contribution in [1.82, 2.24) is 10.2 Å². The average Bonchev–Trinajstić information content (AvgIpc) is 2.16. The van der Waals surface area contributed by atoms with E-state index in [9.17, 15) is 14.4 Å². The fourth-order valence-corrected chi connectivity index (χ4v) is 0.826. The minimum Gasteiger partial charge on any atom is -0.480 e. The van der Waals surface area contributed by atoms with Gasteiger partial charge in [0.05, 0.1) is 0 Å². The van der Waals surface area contributed by atoms with Gasteiger partial charge in [0.2, 0.25) is 0 Å². The van der Waals surface area contributed by atoms with E-state index < -0.39 is 30.6 Å². The molecule has 1 atom stereocenters. The summed E-state index contributed by atoms with van der Waals surface area (Å²) in [5.74, 6) is -1.98. The lowest BCUT2D eigenvalue weighted by Crippen LogP contribution is -2.39.